The summed E-state index contributed by atoms with van der Waals surface area (Å²) in [7, 11) is 0. The van der Waals surface area contributed by atoms with Gasteiger partial charge in [0.1, 0.15) is 22.3 Å². The molecule has 0 aliphatic carbocycles. The molecule has 1 N–H and O–H groups in total. The normalized spacial score (nSPS) is 15.1. The second-order valence-corrected chi connectivity index (χ2v) is 6.82. The van der Waals surface area contributed by atoms with Gasteiger partial charge in [-0.3, -0.25) is 19.5 Å². The van der Waals surface area contributed by atoms with E-state index in [4.69, 9.17) is 14.9 Å². The van der Waals surface area contributed by atoms with Crippen LogP contribution in [0.4, 0.5) is 0 Å². The van der Waals surface area contributed by atoms with Gasteiger partial charge in [-0.2, -0.15) is 0 Å². The van der Waals surface area contributed by atoms with Crippen molar-refractivity contribution in [2.75, 3.05) is 39.5 Å². The Morgan fingerprint density at radius 1 is 1.28 bits per heavy atom. The van der Waals surface area contributed by atoms with Crippen molar-refractivity contribution in [1.82, 2.24) is 18.9 Å². The third-order valence-electron chi connectivity index (χ3n) is 5.06. The fourth-order valence-corrected chi connectivity index (χ4v) is 3.54. The summed E-state index contributed by atoms with van der Waals surface area (Å²) in [4.78, 5) is 32.3. The molecule has 9 nitrogen and oxygen atoms in total. The molecular weight excluding hydrogens is 374 g/mol. The predicted molar refractivity (Wildman–Crippen MR) is 106 cm³/mol. The molecule has 1 aliphatic heterocycles. The first-order valence-electron chi connectivity index (χ1n) is 9.67. The van der Waals surface area contributed by atoms with Crippen LogP contribution in [0.1, 0.15) is 17.3 Å². The number of fused-ring (bicyclic) bond motifs is 2. The number of esters is 1. The van der Waals surface area contributed by atoms with Gasteiger partial charge < -0.3 is 14.0 Å². The molecule has 4 rings (SSSR count). The largest absolute Gasteiger partial charge is 0.462 e. The number of hydrogen-bond acceptors (Lipinski definition) is 7. The van der Waals surface area contributed by atoms with E-state index >= 15 is 0 Å². The summed E-state index contributed by atoms with van der Waals surface area (Å²) in [5, 5.41) is 8.89. The van der Waals surface area contributed by atoms with Gasteiger partial charge in [0, 0.05) is 32.4 Å². The minimum absolute atomic E-state index is 0.00334. The van der Waals surface area contributed by atoms with Crippen molar-refractivity contribution in [1.29, 1.82) is 5.41 Å². The number of carbonyl (C=O) groups is 1. The lowest BCUT2D eigenvalue weighted by molar-refractivity contribution is 0.0363. The van der Waals surface area contributed by atoms with E-state index in [0.29, 0.717) is 37.6 Å². The van der Waals surface area contributed by atoms with Gasteiger partial charge in [-0.1, -0.05) is 6.07 Å². The van der Waals surface area contributed by atoms with E-state index in [1.54, 1.807) is 35.9 Å². The van der Waals surface area contributed by atoms with Crippen molar-refractivity contribution < 1.29 is 14.3 Å². The summed E-state index contributed by atoms with van der Waals surface area (Å²) in [6, 6.07) is 6.73. The van der Waals surface area contributed by atoms with Crippen LogP contribution in [0.15, 0.2) is 35.3 Å². The highest BCUT2D eigenvalue weighted by atomic mass is 16.5. The van der Waals surface area contributed by atoms with Gasteiger partial charge in [0.15, 0.2) is 0 Å². The lowest BCUT2D eigenvalue weighted by Gasteiger charge is -2.27. The van der Waals surface area contributed by atoms with Gasteiger partial charge in [0.05, 0.1) is 25.2 Å². The molecule has 0 unspecified atom stereocenters. The topological polar surface area (TPSA) is 102 Å². The molecule has 4 heterocycles. The number of rotatable bonds is 5. The minimum Gasteiger partial charge on any atom is -0.462 e. The Labute approximate surface area is 166 Å². The van der Waals surface area contributed by atoms with Crippen LogP contribution in [-0.2, 0) is 16.0 Å². The van der Waals surface area contributed by atoms with Crippen LogP contribution in [-0.4, -0.2) is 64.3 Å². The molecule has 0 atom stereocenters. The van der Waals surface area contributed by atoms with Crippen molar-refractivity contribution in [3.63, 3.8) is 0 Å². The lowest BCUT2D eigenvalue weighted by atomic mass is 10.2. The van der Waals surface area contributed by atoms with Crippen molar-refractivity contribution >= 4 is 22.6 Å². The van der Waals surface area contributed by atoms with E-state index < -0.39 is 5.97 Å². The second-order valence-electron chi connectivity index (χ2n) is 6.82. The highest BCUT2D eigenvalue weighted by Gasteiger charge is 2.19. The molecule has 29 heavy (non-hydrogen) atoms. The molecule has 3 aromatic heterocycles. The zero-order valence-corrected chi connectivity index (χ0v) is 16.3. The molecule has 0 saturated carbocycles. The summed E-state index contributed by atoms with van der Waals surface area (Å²) in [5.41, 5.74) is 0.671. The lowest BCUT2D eigenvalue weighted by Crippen LogP contribution is -2.40. The zero-order chi connectivity index (χ0) is 20.4. The van der Waals surface area contributed by atoms with E-state index in [9.17, 15) is 9.59 Å². The van der Waals surface area contributed by atoms with E-state index in [1.165, 1.54) is 10.5 Å². The Balaban J connectivity index is 1.89. The molecule has 1 saturated heterocycles. The van der Waals surface area contributed by atoms with Crippen LogP contribution in [0.3, 0.4) is 0 Å². The van der Waals surface area contributed by atoms with Crippen molar-refractivity contribution in [3.8, 4) is 0 Å². The van der Waals surface area contributed by atoms with Crippen LogP contribution in [0.25, 0.3) is 16.7 Å². The fraction of sp³-hybridized carbons (Fsp3) is 0.400. The Hall–Kier alpha value is -3.04. The number of carbonyl (C=O) groups excluding carboxylic acids is 1. The number of nitrogens with zero attached hydrogens (tertiary/aromatic N) is 4. The van der Waals surface area contributed by atoms with E-state index in [1.807, 2.05) is 0 Å². The Kier molecular flexibility index (Phi) is 5.41. The monoisotopic (exact) mass is 397 g/mol. The molecule has 0 bridgehead atoms. The minimum atomic E-state index is -0.614. The average molecular weight is 397 g/mol. The summed E-state index contributed by atoms with van der Waals surface area (Å²) in [6.07, 6.45) is 1.64. The van der Waals surface area contributed by atoms with Gasteiger partial charge in [-0.25, -0.2) is 9.78 Å². The standard InChI is InChI=1S/C20H23N5O4/c1-2-29-20(27)14-13-15-18(22-16-5-3-4-6-24(16)19(15)26)25(17(14)21)8-7-23-9-11-28-12-10-23/h3-6,13,21H,2,7-12H2,1H3. The smallest absolute Gasteiger partial charge is 0.341 e. The molecule has 0 spiro atoms. The number of pyridine rings is 2. The number of nitrogens with one attached hydrogen (secondary N) is 1. The van der Waals surface area contributed by atoms with Crippen molar-refractivity contribution in [2.24, 2.45) is 0 Å². The van der Waals surface area contributed by atoms with Crippen LogP contribution in [0.2, 0.25) is 0 Å². The van der Waals surface area contributed by atoms with E-state index in [0.717, 1.165) is 13.1 Å². The molecule has 1 fully saturated rings. The van der Waals surface area contributed by atoms with Gasteiger partial charge in [0.2, 0.25) is 0 Å². The van der Waals surface area contributed by atoms with E-state index in [-0.39, 0.29) is 28.6 Å². The highest BCUT2D eigenvalue weighted by molar-refractivity contribution is 5.93. The third-order valence-corrected chi connectivity index (χ3v) is 5.06. The van der Waals surface area contributed by atoms with Crippen LogP contribution in [0.5, 0.6) is 0 Å². The first-order chi connectivity index (χ1) is 14.1. The average Bonchev–Trinajstić information content (AvgIpc) is 2.74. The molecular formula is C20H23N5O4. The molecule has 152 valence electrons. The molecule has 0 amide bonds. The Morgan fingerprint density at radius 2 is 2.07 bits per heavy atom. The molecule has 3 aromatic rings. The highest BCUT2D eigenvalue weighted by Crippen LogP contribution is 2.11. The predicted octanol–water partition coefficient (Wildman–Crippen LogP) is 0.638. The van der Waals surface area contributed by atoms with Gasteiger partial charge in [-0.05, 0) is 25.1 Å². The Morgan fingerprint density at radius 3 is 2.83 bits per heavy atom. The van der Waals surface area contributed by atoms with Gasteiger partial charge in [-0.15, -0.1) is 0 Å². The summed E-state index contributed by atoms with van der Waals surface area (Å²) in [5.74, 6) is -0.614. The van der Waals surface area contributed by atoms with Gasteiger partial charge in [0.25, 0.3) is 5.56 Å². The SMILES string of the molecule is CCOC(=O)c1cc2c(=O)n3ccccc3nc2n(CCN2CCOCC2)c1=N. The molecule has 0 aromatic carbocycles. The number of hydrogen-bond donors (Lipinski definition) is 1. The Bertz CT molecular complexity index is 1180. The summed E-state index contributed by atoms with van der Waals surface area (Å²) >= 11 is 0. The maximum Gasteiger partial charge on any atom is 0.341 e. The van der Waals surface area contributed by atoms with Crippen LogP contribution in [0, 0.1) is 5.41 Å². The fourth-order valence-electron chi connectivity index (χ4n) is 3.54. The summed E-state index contributed by atoms with van der Waals surface area (Å²) in [6.45, 7) is 5.95. The van der Waals surface area contributed by atoms with Gasteiger partial charge >= 0.3 is 5.97 Å². The number of morpholine rings is 1. The first kappa shape index (κ1) is 19.3. The number of aromatic nitrogens is 3. The maximum absolute atomic E-state index is 13.1. The van der Waals surface area contributed by atoms with Crippen molar-refractivity contribution in [3.05, 3.63) is 51.9 Å². The van der Waals surface area contributed by atoms with Crippen LogP contribution >= 0.6 is 0 Å². The molecule has 1 aliphatic rings. The first-order valence-corrected chi connectivity index (χ1v) is 9.67. The summed E-state index contributed by atoms with van der Waals surface area (Å²) < 4.78 is 13.6. The molecule has 0 radical (unpaired) electrons. The van der Waals surface area contributed by atoms with Crippen LogP contribution < -0.4 is 11.0 Å². The number of ether oxygens (including phenoxy) is 2. The molecule has 9 heteroatoms. The van der Waals surface area contributed by atoms with E-state index in [2.05, 4.69) is 9.88 Å². The quantitative estimate of drug-likeness (QED) is 0.501. The maximum atomic E-state index is 13.1. The third kappa shape index (κ3) is 3.66. The van der Waals surface area contributed by atoms with Crippen molar-refractivity contribution in [2.45, 2.75) is 13.5 Å². The second kappa shape index (κ2) is 8.14. The zero-order valence-electron chi connectivity index (χ0n) is 16.3.